The average molecular weight is 254 g/mol. The van der Waals surface area contributed by atoms with Gasteiger partial charge in [0.05, 0.1) is 13.0 Å². The van der Waals surface area contributed by atoms with Crippen molar-refractivity contribution >= 4 is 11.8 Å². The van der Waals surface area contributed by atoms with Crippen LogP contribution in [0.25, 0.3) is 0 Å². The zero-order valence-corrected chi connectivity index (χ0v) is 11.6. The third-order valence-electron chi connectivity index (χ3n) is 3.61. The molecule has 0 atom stereocenters. The Balaban J connectivity index is 2.06. The van der Waals surface area contributed by atoms with Crippen LogP contribution in [0.5, 0.6) is 0 Å². The number of ketones is 1. The first-order valence-corrected chi connectivity index (χ1v) is 7.39. The van der Waals surface area contributed by atoms with Gasteiger partial charge in [-0.25, -0.2) is 0 Å². The summed E-state index contributed by atoms with van der Waals surface area (Å²) in [6.45, 7) is 2.55. The molecule has 1 rings (SSSR count). The van der Waals surface area contributed by atoms with E-state index in [-0.39, 0.29) is 18.2 Å². The lowest BCUT2D eigenvalue weighted by molar-refractivity contribution is -0.145. The second kappa shape index (κ2) is 9.12. The molecule has 0 aliphatic heterocycles. The zero-order valence-electron chi connectivity index (χ0n) is 11.6. The molecule has 1 aliphatic carbocycles. The number of Topliss-reactive ketones (excluding diaryl/α,β-unsaturated/α-hetero) is 1. The zero-order chi connectivity index (χ0) is 13.2. The Labute approximate surface area is 110 Å². The lowest BCUT2D eigenvalue weighted by atomic mass is 9.85. The van der Waals surface area contributed by atoms with E-state index in [1.165, 1.54) is 32.1 Å². The van der Waals surface area contributed by atoms with E-state index in [1.54, 1.807) is 0 Å². The van der Waals surface area contributed by atoms with Crippen molar-refractivity contribution < 1.29 is 14.3 Å². The van der Waals surface area contributed by atoms with E-state index >= 15 is 0 Å². The Kier molecular flexibility index (Phi) is 7.70. The van der Waals surface area contributed by atoms with E-state index in [0.29, 0.717) is 25.4 Å². The molecule has 18 heavy (non-hydrogen) atoms. The summed E-state index contributed by atoms with van der Waals surface area (Å²) in [5, 5.41) is 0. The Morgan fingerprint density at radius 2 is 1.83 bits per heavy atom. The Hall–Kier alpha value is -0.860. The summed E-state index contributed by atoms with van der Waals surface area (Å²) < 4.78 is 5.03. The molecule has 0 aromatic carbocycles. The van der Waals surface area contributed by atoms with Crippen LogP contribution in [0.2, 0.25) is 0 Å². The molecule has 1 saturated carbocycles. The minimum Gasteiger partial charge on any atom is -0.466 e. The quantitative estimate of drug-likeness (QED) is 0.490. The Morgan fingerprint density at radius 3 is 2.50 bits per heavy atom. The molecule has 0 aromatic heterocycles. The molecule has 0 unspecified atom stereocenters. The smallest absolute Gasteiger partial charge is 0.306 e. The fraction of sp³-hybridized carbons (Fsp3) is 0.867. The van der Waals surface area contributed by atoms with Gasteiger partial charge in [-0.15, -0.1) is 0 Å². The van der Waals surface area contributed by atoms with Crippen LogP contribution in [0.1, 0.15) is 71.1 Å². The van der Waals surface area contributed by atoms with Gasteiger partial charge in [0.1, 0.15) is 5.78 Å². The summed E-state index contributed by atoms with van der Waals surface area (Å²) in [6, 6.07) is 0. The third-order valence-corrected chi connectivity index (χ3v) is 3.61. The van der Waals surface area contributed by atoms with Crippen molar-refractivity contribution in [3.8, 4) is 0 Å². The minimum absolute atomic E-state index is 0.222. The summed E-state index contributed by atoms with van der Waals surface area (Å²) in [5.41, 5.74) is 0. The number of carbonyl (C=O) groups excluding carboxylic acids is 2. The normalized spacial score (nSPS) is 16.5. The maximum atomic E-state index is 11.7. The third kappa shape index (κ3) is 6.77. The van der Waals surface area contributed by atoms with Crippen LogP contribution in [0.15, 0.2) is 0 Å². The minimum atomic E-state index is -0.222. The number of esters is 1. The molecular formula is C15H26O3. The van der Waals surface area contributed by atoms with Crippen molar-refractivity contribution in [1.82, 2.24) is 0 Å². The lowest BCUT2D eigenvalue weighted by Gasteiger charge is -2.20. The predicted molar refractivity (Wildman–Crippen MR) is 71.3 cm³/mol. The number of hydrogen-bond acceptors (Lipinski definition) is 3. The first-order valence-electron chi connectivity index (χ1n) is 7.39. The molecule has 3 nitrogen and oxygen atoms in total. The molecule has 0 heterocycles. The molecule has 0 aromatic rings. The van der Waals surface area contributed by atoms with Gasteiger partial charge in [0, 0.05) is 12.8 Å². The van der Waals surface area contributed by atoms with Crippen LogP contribution < -0.4 is 0 Å². The monoisotopic (exact) mass is 254 g/mol. The molecule has 0 saturated heterocycles. The average Bonchev–Trinajstić information content (AvgIpc) is 2.38. The van der Waals surface area contributed by atoms with E-state index in [9.17, 15) is 9.59 Å². The van der Waals surface area contributed by atoms with Crippen molar-refractivity contribution in [3.05, 3.63) is 0 Å². The van der Waals surface area contributed by atoms with Gasteiger partial charge < -0.3 is 4.74 Å². The van der Waals surface area contributed by atoms with Gasteiger partial charge in [0.25, 0.3) is 0 Å². The number of rotatable bonds is 8. The van der Waals surface area contributed by atoms with Gasteiger partial charge in [-0.2, -0.15) is 0 Å². The van der Waals surface area contributed by atoms with Crippen LogP contribution >= 0.6 is 0 Å². The van der Waals surface area contributed by atoms with Crippen LogP contribution in [-0.2, 0) is 14.3 Å². The molecule has 1 fully saturated rings. The fourth-order valence-corrected chi connectivity index (χ4v) is 2.46. The maximum absolute atomic E-state index is 11.7. The van der Waals surface area contributed by atoms with Crippen LogP contribution in [0.3, 0.4) is 0 Å². The van der Waals surface area contributed by atoms with E-state index < -0.39 is 0 Å². The van der Waals surface area contributed by atoms with Crippen molar-refractivity contribution in [2.24, 2.45) is 5.92 Å². The van der Waals surface area contributed by atoms with Gasteiger partial charge >= 0.3 is 5.97 Å². The largest absolute Gasteiger partial charge is 0.466 e. The molecule has 0 radical (unpaired) electrons. The summed E-state index contributed by atoms with van der Waals surface area (Å²) in [7, 11) is 0. The van der Waals surface area contributed by atoms with Gasteiger partial charge in [0.2, 0.25) is 0 Å². The van der Waals surface area contributed by atoms with Gasteiger partial charge in [-0.1, -0.05) is 45.4 Å². The molecule has 0 bridgehead atoms. The van der Waals surface area contributed by atoms with Crippen LogP contribution in [0, 0.1) is 5.92 Å². The Bertz CT molecular complexity index is 254. The van der Waals surface area contributed by atoms with Crippen LogP contribution in [-0.4, -0.2) is 18.4 Å². The molecule has 1 aliphatic rings. The maximum Gasteiger partial charge on any atom is 0.306 e. The second-order valence-corrected chi connectivity index (χ2v) is 5.32. The van der Waals surface area contributed by atoms with Crippen molar-refractivity contribution in [2.75, 3.05) is 6.61 Å². The number of carbonyl (C=O) groups is 2. The molecule has 0 amide bonds. The van der Waals surface area contributed by atoms with Crippen LogP contribution in [0.4, 0.5) is 0 Å². The number of hydrogen-bond donors (Lipinski definition) is 0. The topological polar surface area (TPSA) is 43.4 Å². The highest BCUT2D eigenvalue weighted by molar-refractivity contribution is 5.83. The molecule has 104 valence electrons. The highest BCUT2D eigenvalue weighted by Crippen LogP contribution is 2.26. The van der Waals surface area contributed by atoms with E-state index in [1.807, 2.05) is 0 Å². The molecule has 0 N–H and O–H groups in total. The standard InChI is InChI=1S/C15H26O3/c1-2-3-11-18-15(17)10-9-14(16)12-13-7-5-4-6-8-13/h13H,2-12H2,1H3. The lowest BCUT2D eigenvalue weighted by Crippen LogP contribution is -2.14. The SMILES string of the molecule is CCCCOC(=O)CCC(=O)CC1CCCCC1. The number of unbranched alkanes of at least 4 members (excludes halogenated alkanes) is 1. The first kappa shape index (κ1) is 15.2. The summed E-state index contributed by atoms with van der Waals surface area (Å²) in [5.74, 6) is 0.581. The predicted octanol–water partition coefficient (Wildman–Crippen LogP) is 3.65. The number of ether oxygens (including phenoxy) is 1. The van der Waals surface area contributed by atoms with Crippen molar-refractivity contribution in [3.63, 3.8) is 0 Å². The highest BCUT2D eigenvalue weighted by Gasteiger charge is 2.17. The molecule has 0 spiro atoms. The van der Waals surface area contributed by atoms with Gasteiger partial charge in [-0.05, 0) is 12.3 Å². The summed E-state index contributed by atoms with van der Waals surface area (Å²) in [6.07, 6.45) is 9.43. The first-order chi connectivity index (χ1) is 8.72. The van der Waals surface area contributed by atoms with E-state index in [2.05, 4.69) is 6.92 Å². The summed E-state index contributed by atoms with van der Waals surface area (Å²) >= 11 is 0. The second-order valence-electron chi connectivity index (χ2n) is 5.32. The van der Waals surface area contributed by atoms with E-state index in [4.69, 9.17) is 4.74 Å². The Morgan fingerprint density at radius 1 is 1.11 bits per heavy atom. The van der Waals surface area contributed by atoms with E-state index in [0.717, 1.165) is 12.8 Å². The fourth-order valence-electron chi connectivity index (χ4n) is 2.46. The molecule has 3 heteroatoms. The van der Waals surface area contributed by atoms with Gasteiger partial charge in [0.15, 0.2) is 0 Å². The van der Waals surface area contributed by atoms with Crippen molar-refractivity contribution in [2.45, 2.75) is 71.1 Å². The molecular weight excluding hydrogens is 228 g/mol. The van der Waals surface area contributed by atoms with Gasteiger partial charge in [-0.3, -0.25) is 9.59 Å². The van der Waals surface area contributed by atoms with Crippen molar-refractivity contribution in [1.29, 1.82) is 0 Å². The summed E-state index contributed by atoms with van der Waals surface area (Å²) in [4.78, 5) is 23.1. The highest BCUT2D eigenvalue weighted by atomic mass is 16.5.